The Bertz CT molecular complexity index is 1770. The van der Waals surface area contributed by atoms with Gasteiger partial charge in [0.25, 0.3) is 0 Å². The van der Waals surface area contributed by atoms with Gasteiger partial charge >= 0.3 is 5.97 Å². The maximum atomic E-state index is 13.4. The predicted molar refractivity (Wildman–Crippen MR) is 162 cm³/mol. The molecule has 43 heavy (non-hydrogen) atoms. The first-order valence-corrected chi connectivity index (χ1v) is 14.4. The van der Waals surface area contributed by atoms with Crippen molar-refractivity contribution >= 4 is 27.7 Å². The number of carbonyl (C=O) groups is 1. The van der Waals surface area contributed by atoms with Crippen LogP contribution in [0, 0.1) is 6.92 Å². The molecule has 1 N–H and O–H groups in total. The van der Waals surface area contributed by atoms with Crippen molar-refractivity contribution in [1.82, 2.24) is 9.88 Å². The van der Waals surface area contributed by atoms with E-state index in [-0.39, 0.29) is 12.4 Å². The van der Waals surface area contributed by atoms with Crippen LogP contribution >= 0.6 is 0 Å². The topological polar surface area (TPSA) is 103 Å². The molecule has 3 heterocycles. The zero-order valence-electron chi connectivity index (χ0n) is 24.5. The highest BCUT2D eigenvalue weighted by atomic mass is 16.5. The van der Waals surface area contributed by atoms with E-state index in [0.717, 1.165) is 22.3 Å². The summed E-state index contributed by atoms with van der Waals surface area (Å²) in [5.74, 6) is 1.21. The molecule has 6 rings (SSSR count). The van der Waals surface area contributed by atoms with E-state index in [9.17, 15) is 9.90 Å². The molecular weight excluding hydrogens is 548 g/mol. The van der Waals surface area contributed by atoms with Crippen LogP contribution in [0.15, 0.2) is 71.3 Å². The molecule has 1 aliphatic rings. The van der Waals surface area contributed by atoms with Crippen LogP contribution in [0.2, 0.25) is 0 Å². The van der Waals surface area contributed by atoms with Crippen molar-refractivity contribution in [3.05, 3.63) is 94.9 Å². The number of rotatable bonds is 9. The molecule has 2 aromatic heterocycles. The third kappa shape index (κ3) is 5.49. The quantitative estimate of drug-likeness (QED) is 0.204. The fraction of sp³-hybridized carbons (Fsp3) is 0.294. The smallest absolute Gasteiger partial charge is 0.342 e. The average Bonchev–Trinajstić information content (AvgIpc) is 3.39. The van der Waals surface area contributed by atoms with Crippen LogP contribution in [-0.4, -0.2) is 61.0 Å². The Kier molecular flexibility index (Phi) is 8.18. The Hall–Kier alpha value is -4.60. The number of fused-ring (bicyclic) bond motifs is 3. The van der Waals surface area contributed by atoms with E-state index in [1.54, 1.807) is 27.2 Å². The molecule has 0 radical (unpaired) electrons. The highest BCUT2D eigenvalue weighted by molar-refractivity contribution is 6.16. The highest BCUT2D eigenvalue weighted by Crippen LogP contribution is 2.47. The summed E-state index contributed by atoms with van der Waals surface area (Å²) in [6.07, 6.45) is 1.70. The summed E-state index contributed by atoms with van der Waals surface area (Å²) in [5.41, 5.74) is 3.21. The first kappa shape index (κ1) is 28.5. The van der Waals surface area contributed by atoms with E-state index < -0.39 is 12.0 Å². The fourth-order valence-electron chi connectivity index (χ4n) is 5.85. The van der Waals surface area contributed by atoms with Crippen molar-refractivity contribution in [2.45, 2.75) is 26.5 Å². The minimum Gasteiger partial charge on any atom is -0.507 e. The number of phenolic OH excluding ortho intramolecular Hbond substituents is 1. The number of aromatic nitrogens is 1. The van der Waals surface area contributed by atoms with E-state index in [4.69, 9.17) is 23.4 Å². The second-order valence-electron chi connectivity index (χ2n) is 10.4. The number of methoxy groups -OCH3 is 1. The molecule has 0 spiro atoms. The van der Waals surface area contributed by atoms with Crippen LogP contribution in [0.4, 0.5) is 0 Å². The third-order valence-electron chi connectivity index (χ3n) is 7.79. The lowest BCUT2D eigenvalue weighted by Crippen LogP contribution is -2.39. The van der Waals surface area contributed by atoms with Gasteiger partial charge in [-0.15, -0.1) is 0 Å². The standard InChI is InChI=1S/C34H34N2O7/c1-4-41-34(38)28-21(2)43-33-26-11-6-5-10-25(26)32(37)30(29(28)33)31(36-14-16-40-17-15-36)23-12-13-35-27(19-23)42-20-22-8-7-9-24(18-22)39-3/h5-13,18-19,31,37H,4,14-17,20H2,1-3H3. The summed E-state index contributed by atoms with van der Waals surface area (Å²) in [7, 11) is 1.63. The van der Waals surface area contributed by atoms with Crippen molar-refractivity contribution in [2.24, 2.45) is 0 Å². The molecular formula is C34H34N2O7. The molecule has 1 unspecified atom stereocenters. The van der Waals surface area contributed by atoms with Crippen LogP contribution < -0.4 is 9.47 Å². The van der Waals surface area contributed by atoms with E-state index in [1.807, 2.05) is 60.7 Å². The van der Waals surface area contributed by atoms with Crippen molar-refractivity contribution in [1.29, 1.82) is 0 Å². The van der Waals surface area contributed by atoms with E-state index in [0.29, 0.717) is 72.0 Å². The van der Waals surface area contributed by atoms with Gasteiger partial charge in [0.05, 0.1) is 33.0 Å². The van der Waals surface area contributed by atoms with Gasteiger partial charge in [-0.3, -0.25) is 4.90 Å². The summed E-state index contributed by atoms with van der Waals surface area (Å²) in [6, 6.07) is 18.5. The van der Waals surface area contributed by atoms with Crippen LogP contribution in [0.5, 0.6) is 17.4 Å². The lowest BCUT2D eigenvalue weighted by atomic mass is 9.89. The second-order valence-corrected chi connectivity index (χ2v) is 10.4. The van der Waals surface area contributed by atoms with Crippen LogP contribution in [-0.2, 0) is 16.1 Å². The fourth-order valence-corrected chi connectivity index (χ4v) is 5.85. The molecule has 0 saturated carbocycles. The molecule has 3 aromatic carbocycles. The average molecular weight is 583 g/mol. The molecule has 222 valence electrons. The molecule has 0 aliphatic carbocycles. The van der Waals surface area contributed by atoms with E-state index in [1.165, 1.54) is 0 Å². The van der Waals surface area contributed by atoms with Crippen LogP contribution in [0.1, 0.15) is 45.8 Å². The number of pyridine rings is 1. The van der Waals surface area contributed by atoms with Gasteiger partial charge in [-0.05, 0) is 43.2 Å². The zero-order valence-corrected chi connectivity index (χ0v) is 24.5. The molecule has 9 heteroatoms. The number of hydrogen-bond donors (Lipinski definition) is 1. The summed E-state index contributed by atoms with van der Waals surface area (Å²) in [6.45, 7) is 6.34. The van der Waals surface area contributed by atoms with Gasteiger partial charge in [0.2, 0.25) is 5.88 Å². The van der Waals surface area contributed by atoms with Gasteiger partial charge in [-0.25, -0.2) is 9.78 Å². The molecule has 0 bridgehead atoms. The molecule has 5 aromatic rings. The number of benzene rings is 3. The first-order chi connectivity index (χ1) is 21.0. The molecule has 9 nitrogen and oxygen atoms in total. The minimum absolute atomic E-state index is 0.0848. The summed E-state index contributed by atoms with van der Waals surface area (Å²) < 4.78 is 28.9. The largest absolute Gasteiger partial charge is 0.507 e. The van der Waals surface area contributed by atoms with E-state index >= 15 is 0 Å². The molecule has 1 saturated heterocycles. The summed E-state index contributed by atoms with van der Waals surface area (Å²) >= 11 is 0. The summed E-state index contributed by atoms with van der Waals surface area (Å²) in [5, 5.41) is 13.9. The number of aryl methyl sites for hydroxylation is 1. The minimum atomic E-state index is -0.493. The number of hydrogen-bond acceptors (Lipinski definition) is 9. The lowest BCUT2D eigenvalue weighted by molar-refractivity contribution is 0.0237. The monoisotopic (exact) mass is 582 g/mol. The van der Waals surface area contributed by atoms with E-state index in [2.05, 4.69) is 9.88 Å². The van der Waals surface area contributed by atoms with Gasteiger partial charge in [0.1, 0.15) is 35.0 Å². The van der Waals surface area contributed by atoms with Crippen molar-refractivity contribution < 1.29 is 33.3 Å². The Morgan fingerprint density at radius 1 is 1.07 bits per heavy atom. The Morgan fingerprint density at radius 3 is 2.63 bits per heavy atom. The number of ether oxygens (including phenoxy) is 4. The lowest BCUT2D eigenvalue weighted by Gasteiger charge is -2.36. The molecule has 0 amide bonds. The van der Waals surface area contributed by atoms with Crippen molar-refractivity contribution in [3.63, 3.8) is 0 Å². The normalized spacial score (nSPS) is 14.6. The van der Waals surface area contributed by atoms with Gasteiger partial charge in [-0.2, -0.15) is 0 Å². The molecule has 1 fully saturated rings. The number of aromatic hydroxyl groups is 1. The van der Waals surface area contributed by atoms with Gasteiger partial charge in [0, 0.05) is 47.1 Å². The maximum absolute atomic E-state index is 13.4. The number of carbonyl (C=O) groups excluding carboxylic acids is 1. The number of esters is 1. The van der Waals surface area contributed by atoms with Gasteiger partial charge in [0.15, 0.2) is 0 Å². The van der Waals surface area contributed by atoms with Gasteiger partial charge < -0.3 is 28.5 Å². The number of phenols is 1. The third-order valence-corrected chi connectivity index (χ3v) is 7.79. The van der Waals surface area contributed by atoms with Crippen molar-refractivity contribution in [2.75, 3.05) is 40.0 Å². The Labute approximate surface area is 249 Å². The predicted octanol–water partition coefficient (Wildman–Crippen LogP) is 6.18. The molecule has 1 aliphatic heterocycles. The maximum Gasteiger partial charge on any atom is 0.342 e. The Morgan fingerprint density at radius 2 is 1.86 bits per heavy atom. The number of nitrogens with zero attached hydrogens (tertiary/aromatic N) is 2. The number of furan rings is 1. The summed E-state index contributed by atoms with van der Waals surface area (Å²) in [4.78, 5) is 20.1. The van der Waals surface area contributed by atoms with Crippen LogP contribution in [0.3, 0.4) is 0 Å². The molecule has 1 atom stereocenters. The number of morpholine rings is 1. The zero-order chi connectivity index (χ0) is 29.9. The second kappa shape index (κ2) is 12.3. The van der Waals surface area contributed by atoms with Crippen LogP contribution in [0.25, 0.3) is 21.7 Å². The first-order valence-electron chi connectivity index (χ1n) is 14.4. The highest BCUT2D eigenvalue weighted by Gasteiger charge is 2.34. The van der Waals surface area contributed by atoms with Crippen molar-refractivity contribution in [3.8, 4) is 17.4 Å². The SMILES string of the molecule is CCOC(=O)c1c(C)oc2c1c(C(c1ccnc(OCc3cccc(OC)c3)c1)N1CCOCC1)c(O)c1ccccc12. The van der Waals surface area contributed by atoms with Gasteiger partial charge in [-0.1, -0.05) is 36.4 Å². The Balaban J connectivity index is 1.53.